The average molecular weight is 268 g/mol. The zero-order chi connectivity index (χ0) is 13.0. The highest BCUT2D eigenvalue weighted by atomic mass is 32.2. The molecule has 1 saturated heterocycles. The summed E-state index contributed by atoms with van der Waals surface area (Å²) in [5.74, 6) is 1.29. The summed E-state index contributed by atoms with van der Waals surface area (Å²) >= 11 is 2.11. The van der Waals surface area contributed by atoms with Gasteiger partial charge in [-0.05, 0) is 38.5 Å². The first-order chi connectivity index (χ1) is 8.64. The number of hydrogen-bond donors (Lipinski definition) is 1. The highest BCUT2D eigenvalue weighted by Gasteiger charge is 2.37. The summed E-state index contributed by atoms with van der Waals surface area (Å²) < 4.78 is 2.14. The molecule has 1 N–H and O–H groups in total. The van der Waals surface area contributed by atoms with Crippen molar-refractivity contribution >= 4 is 11.8 Å². The lowest BCUT2D eigenvalue weighted by atomic mass is 9.92. The molecule has 1 aliphatic heterocycles. The molecule has 0 spiro atoms. The molecule has 1 aromatic rings. The van der Waals surface area contributed by atoms with Gasteiger partial charge in [-0.25, -0.2) is 0 Å². The van der Waals surface area contributed by atoms with E-state index < -0.39 is 0 Å². The van der Waals surface area contributed by atoms with E-state index in [4.69, 9.17) is 0 Å². The van der Waals surface area contributed by atoms with Crippen LogP contribution in [0.4, 0.5) is 0 Å². The Kier molecular flexibility index (Phi) is 4.67. The van der Waals surface area contributed by atoms with Crippen LogP contribution in [0.15, 0.2) is 6.20 Å². The molecule has 18 heavy (non-hydrogen) atoms. The molecule has 1 fully saturated rings. The molecule has 0 aliphatic carbocycles. The molecule has 2 rings (SSSR count). The van der Waals surface area contributed by atoms with E-state index in [0.717, 1.165) is 18.7 Å². The minimum atomic E-state index is 0.354. The second-order valence-corrected chi connectivity index (χ2v) is 6.99. The van der Waals surface area contributed by atoms with Crippen molar-refractivity contribution < 1.29 is 0 Å². The summed E-state index contributed by atoms with van der Waals surface area (Å²) in [7, 11) is 1.93. The molecule has 0 radical (unpaired) electrons. The monoisotopic (exact) mass is 268 g/mol. The van der Waals surface area contributed by atoms with Gasteiger partial charge >= 0.3 is 0 Å². The van der Waals surface area contributed by atoms with Crippen LogP contribution >= 0.6 is 11.8 Å². The topological polar surface area (TPSA) is 42.7 Å². The smallest absolute Gasteiger partial charge is 0.0843 e. The molecule has 1 aromatic heterocycles. The van der Waals surface area contributed by atoms with Crippen LogP contribution < -0.4 is 5.32 Å². The fraction of sp³-hybridized carbons (Fsp3) is 0.846. The third-order valence-electron chi connectivity index (χ3n) is 3.69. The summed E-state index contributed by atoms with van der Waals surface area (Å²) in [6.45, 7) is 5.70. The Morgan fingerprint density at radius 2 is 2.44 bits per heavy atom. The standard InChI is InChI=1S/C13H24N4S/c1-4-7-14-12(13(2)6-5-8-18-13)9-11-10-17(3)16-15-11/h10,12,14H,4-9H2,1-3H3. The molecular weight excluding hydrogens is 244 g/mol. The number of aromatic nitrogens is 3. The minimum Gasteiger partial charge on any atom is -0.312 e. The van der Waals surface area contributed by atoms with E-state index in [1.54, 1.807) is 4.68 Å². The van der Waals surface area contributed by atoms with Crippen LogP contribution in [-0.2, 0) is 13.5 Å². The molecule has 2 atom stereocenters. The van der Waals surface area contributed by atoms with Crippen molar-refractivity contribution in [1.29, 1.82) is 0 Å². The fourth-order valence-electron chi connectivity index (χ4n) is 2.60. The molecule has 5 heteroatoms. The van der Waals surface area contributed by atoms with Gasteiger partial charge in [0.15, 0.2) is 0 Å². The van der Waals surface area contributed by atoms with Gasteiger partial charge in [-0.15, -0.1) is 5.10 Å². The number of hydrogen-bond acceptors (Lipinski definition) is 4. The van der Waals surface area contributed by atoms with Gasteiger partial charge in [0.05, 0.1) is 5.69 Å². The van der Waals surface area contributed by atoms with Crippen LogP contribution in [-0.4, -0.2) is 38.1 Å². The Balaban J connectivity index is 2.04. The average Bonchev–Trinajstić information content (AvgIpc) is 2.94. The molecule has 1 aliphatic rings. The first kappa shape index (κ1) is 13.9. The van der Waals surface area contributed by atoms with E-state index in [2.05, 4.69) is 41.2 Å². The van der Waals surface area contributed by atoms with Crippen LogP contribution in [0.3, 0.4) is 0 Å². The van der Waals surface area contributed by atoms with E-state index in [1.807, 2.05) is 13.2 Å². The third-order valence-corrected chi connectivity index (χ3v) is 5.33. The van der Waals surface area contributed by atoms with Crippen molar-refractivity contribution in [3.05, 3.63) is 11.9 Å². The minimum absolute atomic E-state index is 0.354. The lowest BCUT2D eigenvalue weighted by Crippen LogP contribution is -2.47. The largest absolute Gasteiger partial charge is 0.312 e. The zero-order valence-corrected chi connectivity index (χ0v) is 12.5. The Hall–Kier alpha value is -0.550. The normalized spacial score (nSPS) is 25.5. The van der Waals surface area contributed by atoms with E-state index in [-0.39, 0.29) is 0 Å². The van der Waals surface area contributed by atoms with Crippen LogP contribution in [0.2, 0.25) is 0 Å². The van der Waals surface area contributed by atoms with Gasteiger partial charge in [0.2, 0.25) is 0 Å². The van der Waals surface area contributed by atoms with Gasteiger partial charge in [-0.3, -0.25) is 4.68 Å². The van der Waals surface area contributed by atoms with Crippen molar-refractivity contribution in [1.82, 2.24) is 20.3 Å². The van der Waals surface area contributed by atoms with Crippen molar-refractivity contribution in [3.8, 4) is 0 Å². The van der Waals surface area contributed by atoms with Crippen molar-refractivity contribution in [3.63, 3.8) is 0 Å². The number of nitrogens with one attached hydrogen (secondary N) is 1. The first-order valence-electron chi connectivity index (χ1n) is 6.86. The lowest BCUT2D eigenvalue weighted by Gasteiger charge is -2.33. The van der Waals surface area contributed by atoms with E-state index in [1.165, 1.54) is 25.0 Å². The summed E-state index contributed by atoms with van der Waals surface area (Å²) in [6, 6.07) is 0.502. The first-order valence-corrected chi connectivity index (χ1v) is 7.85. The number of thioether (sulfide) groups is 1. The van der Waals surface area contributed by atoms with E-state index >= 15 is 0 Å². The molecule has 4 nitrogen and oxygen atoms in total. The van der Waals surface area contributed by atoms with Crippen molar-refractivity contribution in [2.75, 3.05) is 12.3 Å². The van der Waals surface area contributed by atoms with Gasteiger partial charge in [0.1, 0.15) is 0 Å². The molecule has 0 saturated carbocycles. The van der Waals surface area contributed by atoms with Gasteiger partial charge < -0.3 is 5.32 Å². The second-order valence-electron chi connectivity index (χ2n) is 5.36. The van der Waals surface area contributed by atoms with Crippen LogP contribution in [0.25, 0.3) is 0 Å². The highest BCUT2D eigenvalue weighted by Crippen LogP contribution is 2.41. The zero-order valence-electron chi connectivity index (χ0n) is 11.6. The van der Waals surface area contributed by atoms with Gasteiger partial charge in [-0.1, -0.05) is 12.1 Å². The summed E-state index contributed by atoms with van der Waals surface area (Å²) in [6.07, 6.45) is 6.84. The highest BCUT2D eigenvalue weighted by molar-refractivity contribution is 8.00. The molecule has 102 valence electrons. The Labute approximate surface area is 114 Å². The van der Waals surface area contributed by atoms with Crippen LogP contribution in [0, 0.1) is 0 Å². The molecular formula is C13H24N4S. The third kappa shape index (κ3) is 3.26. The SMILES string of the molecule is CCCNC(Cc1cn(C)nn1)C1(C)CCCS1. The predicted molar refractivity (Wildman–Crippen MR) is 76.9 cm³/mol. The van der Waals surface area contributed by atoms with Crippen LogP contribution in [0.5, 0.6) is 0 Å². The van der Waals surface area contributed by atoms with E-state index in [0.29, 0.717) is 10.8 Å². The maximum Gasteiger partial charge on any atom is 0.0843 e. The van der Waals surface area contributed by atoms with Gasteiger partial charge in [0, 0.05) is 30.5 Å². The lowest BCUT2D eigenvalue weighted by molar-refractivity contribution is 0.396. The Morgan fingerprint density at radius 3 is 3.00 bits per heavy atom. The molecule has 2 unspecified atom stereocenters. The van der Waals surface area contributed by atoms with Crippen molar-refractivity contribution in [2.45, 2.75) is 50.3 Å². The molecule has 0 amide bonds. The molecule has 0 aromatic carbocycles. The number of aryl methyl sites for hydroxylation is 1. The summed E-state index contributed by atoms with van der Waals surface area (Å²) in [5, 5.41) is 12.0. The Bertz CT molecular complexity index is 371. The fourth-order valence-corrected chi connectivity index (χ4v) is 4.01. The number of nitrogens with zero attached hydrogens (tertiary/aromatic N) is 3. The predicted octanol–water partition coefficient (Wildman–Crippen LogP) is 2.01. The van der Waals surface area contributed by atoms with Crippen molar-refractivity contribution in [2.24, 2.45) is 7.05 Å². The van der Waals surface area contributed by atoms with Gasteiger partial charge in [0.25, 0.3) is 0 Å². The quantitative estimate of drug-likeness (QED) is 0.857. The van der Waals surface area contributed by atoms with Gasteiger partial charge in [-0.2, -0.15) is 11.8 Å². The molecule has 0 bridgehead atoms. The van der Waals surface area contributed by atoms with Crippen LogP contribution in [0.1, 0.15) is 38.8 Å². The second kappa shape index (κ2) is 6.06. The maximum absolute atomic E-state index is 4.23. The van der Waals surface area contributed by atoms with E-state index in [9.17, 15) is 0 Å². The summed E-state index contributed by atoms with van der Waals surface area (Å²) in [5.41, 5.74) is 1.10. The molecule has 2 heterocycles. The summed E-state index contributed by atoms with van der Waals surface area (Å²) in [4.78, 5) is 0. The number of rotatable bonds is 6. The maximum atomic E-state index is 4.23. The Morgan fingerprint density at radius 1 is 1.61 bits per heavy atom.